The van der Waals surface area contributed by atoms with E-state index in [0.29, 0.717) is 18.1 Å². The maximum Gasteiger partial charge on any atom is 0.342 e. The summed E-state index contributed by atoms with van der Waals surface area (Å²) in [4.78, 5) is 26.0. The van der Waals surface area contributed by atoms with Crippen molar-refractivity contribution >= 4 is 23.5 Å². The first-order chi connectivity index (χ1) is 9.99. The zero-order valence-electron chi connectivity index (χ0n) is 11.2. The van der Waals surface area contributed by atoms with E-state index in [0.717, 1.165) is 4.90 Å². The smallest absolute Gasteiger partial charge is 0.342 e. The maximum absolute atomic E-state index is 10.9. The molecule has 110 valence electrons. The van der Waals surface area contributed by atoms with Crippen LogP contribution in [-0.2, 0) is 6.54 Å². The minimum absolute atomic E-state index is 0.0348. The van der Waals surface area contributed by atoms with Crippen molar-refractivity contribution < 1.29 is 14.8 Å². The molecule has 0 bridgehead atoms. The van der Waals surface area contributed by atoms with Crippen molar-refractivity contribution in [1.82, 2.24) is 9.55 Å². The topological polar surface area (TPSA) is 98.3 Å². The van der Waals surface area contributed by atoms with Crippen LogP contribution < -0.4 is 0 Å². The molecule has 1 N–H and O–H groups in total. The van der Waals surface area contributed by atoms with E-state index in [1.807, 2.05) is 6.07 Å². The third-order valence-electron chi connectivity index (χ3n) is 2.89. The summed E-state index contributed by atoms with van der Waals surface area (Å²) in [5.41, 5.74) is 0.227. The largest absolute Gasteiger partial charge is 0.478 e. The van der Waals surface area contributed by atoms with E-state index in [1.165, 1.54) is 28.6 Å². The van der Waals surface area contributed by atoms with Gasteiger partial charge in [-0.1, -0.05) is 6.07 Å². The lowest BCUT2D eigenvalue weighted by Crippen LogP contribution is -2.06. The summed E-state index contributed by atoms with van der Waals surface area (Å²) in [7, 11) is 0. The van der Waals surface area contributed by atoms with E-state index in [1.54, 1.807) is 19.1 Å². The van der Waals surface area contributed by atoms with Crippen molar-refractivity contribution in [1.29, 1.82) is 0 Å². The van der Waals surface area contributed by atoms with Crippen molar-refractivity contribution in [3.05, 3.63) is 52.0 Å². The number of nitrogens with zero attached hydrogens (tertiary/aromatic N) is 3. The first kappa shape index (κ1) is 15.0. The van der Waals surface area contributed by atoms with Crippen LogP contribution in [0.5, 0.6) is 0 Å². The molecule has 0 aliphatic carbocycles. The Hall–Kier alpha value is -2.35. The fourth-order valence-corrected chi connectivity index (χ4v) is 2.75. The average Bonchev–Trinajstić information content (AvgIpc) is 2.81. The van der Waals surface area contributed by atoms with Crippen LogP contribution in [0.3, 0.4) is 0 Å². The van der Waals surface area contributed by atoms with Gasteiger partial charge in [0.25, 0.3) is 0 Å². The van der Waals surface area contributed by atoms with Gasteiger partial charge in [-0.2, -0.15) is 0 Å². The number of carboxylic acid groups (broad SMARTS) is 1. The minimum atomic E-state index is -0.974. The van der Waals surface area contributed by atoms with Gasteiger partial charge < -0.3 is 15.2 Å². The van der Waals surface area contributed by atoms with E-state index < -0.39 is 10.9 Å². The number of carbonyl (C=O) groups is 1. The number of carboxylic acids is 1. The molecule has 7 nitrogen and oxygen atoms in total. The highest BCUT2D eigenvalue weighted by molar-refractivity contribution is 7.99. The summed E-state index contributed by atoms with van der Waals surface area (Å²) in [5.74, 6) is 0.161. The lowest BCUT2D eigenvalue weighted by molar-refractivity contribution is -0.392. The molecular formula is C13H13N3O4S. The molecule has 0 fully saturated rings. The normalized spacial score (nSPS) is 10.5. The van der Waals surface area contributed by atoms with Gasteiger partial charge in [0.1, 0.15) is 12.7 Å². The molecule has 1 aromatic carbocycles. The molecule has 0 radical (unpaired) electrons. The third kappa shape index (κ3) is 3.60. The van der Waals surface area contributed by atoms with E-state index in [4.69, 9.17) is 5.11 Å². The Morgan fingerprint density at radius 3 is 2.95 bits per heavy atom. The molecule has 8 heteroatoms. The number of rotatable bonds is 6. The van der Waals surface area contributed by atoms with Gasteiger partial charge in [0.15, 0.2) is 5.82 Å². The zero-order chi connectivity index (χ0) is 15.4. The van der Waals surface area contributed by atoms with Gasteiger partial charge in [-0.3, -0.25) is 0 Å². The molecule has 1 aromatic heterocycles. The monoisotopic (exact) mass is 307 g/mol. The Labute approximate surface area is 124 Å². The van der Waals surface area contributed by atoms with Crippen LogP contribution in [0.15, 0.2) is 35.4 Å². The summed E-state index contributed by atoms with van der Waals surface area (Å²) in [6.07, 6.45) is 1.24. The Kier molecular flexibility index (Phi) is 4.59. The van der Waals surface area contributed by atoms with Crippen LogP contribution in [0.2, 0.25) is 0 Å². The zero-order valence-corrected chi connectivity index (χ0v) is 12.0. The Morgan fingerprint density at radius 2 is 2.29 bits per heavy atom. The second-order valence-electron chi connectivity index (χ2n) is 4.25. The van der Waals surface area contributed by atoms with Gasteiger partial charge in [-0.05, 0) is 23.1 Å². The van der Waals surface area contributed by atoms with E-state index in [-0.39, 0.29) is 11.4 Å². The molecule has 0 atom stereocenters. The number of benzene rings is 1. The summed E-state index contributed by atoms with van der Waals surface area (Å²) < 4.78 is 1.54. The Balaban J connectivity index is 2.02. The highest BCUT2D eigenvalue weighted by Crippen LogP contribution is 2.21. The Bertz CT molecular complexity index is 684. The van der Waals surface area contributed by atoms with Crippen LogP contribution in [0.25, 0.3) is 0 Å². The molecule has 0 saturated carbocycles. The molecule has 0 aliphatic rings. The summed E-state index contributed by atoms with van der Waals surface area (Å²) in [5, 5.41) is 19.8. The molecule has 0 spiro atoms. The molecule has 1 heterocycles. The average molecular weight is 307 g/mol. The summed E-state index contributed by atoms with van der Waals surface area (Å²) in [6, 6.07) is 6.60. The van der Waals surface area contributed by atoms with Gasteiger partial charge >= 0.3 is 11.8 Å². The first-order valence-corrected chi connectivity index (χ1v) is 7.10. The number of thioether (sulfide) groups is 1. The quantitative estimate of drug-likeness (QED) is 0.500. The predicted molar refractivity (Wildman–Crippen MR) is 77.7 cm³/mol. The lowest BCUT2D eigenvalue weighted by Gasteiger charge is -2.04. The maximum atomic E-state index is 10.9. The number of aromatic nitrogens is 2. The highest BCUT2D eigenvalue weighted by atomic mass is 32.2. The van der Waals surface area contributed by atoms with Crippen LogP contribution >= 0.6 is 11.8 Å². The predicted octanol–water partition coefficient (Wildman–Crippen LogP) is 2.59. The van der Waals surface area contributed by atoms with Crippen molar-refractivity contribution in [2.75, 3.05) is 5.75 Å². The van der Waals surface area contributed by atoms with Crippen molar-refractivity contribution in [2.45, 2.75) is 18.4 Å². The van der Waals surface area contributed by atoms with Crippen LogP contribution in [0.1, 0.15) is 16.2 Å². The van der Waals surface area contributed by atoms with Crippen LogP contribution in [-0.4, -0.2) is 31.3 Å². The van der Waals surface area contributed by atoms with Gasteiger partial charge in [0.2, 0.25) is 0 Å². The Morgan fingerprint density at radius 1 is 1.52 bits per heavy atom. The molecule has 0 amide bonds. The van der Waals surface area contributed by atoms with Gasteiger partial charge in [0, 0.05) is 17.6 Å². The van der Waals surface area contributed by atoms with E-state index in [9.17, 15) is 14.9 Å². The summed E-state index contributed by atoms with van der Waals surface area (Å²) >= 11 is 1.44. The number of aromatic carboxylic acids is 1. The first-order valence-electron chi connectivity index (χ1n) is 6.11. The molecule has 0 unspecified atom stereocenters. The van der Waals surface area contributed by atoms with Crippen molar-refractivity contribution in [3.63, 3.8) is 0 Å². The fourth-order valence-electron chi connectivity index (χ4n) is 1.85. The highest BCUT2D eigenvalue weighted by Gasteiger charge is 2.16. The third-order valence-corrected chi connectivity index (χ3v) is 3.86. The standard InChI is InChI=1S/C13H13N3O4S/c1-9-14-8-12(16(19)20)15(9)5-6-21-11-4-2-3-10(7-11)13(17)18/h2-4,7-8H,5-6H2,1H3,(H,17,18). The molecule has 2 rings (SSSR count). The van der Waals surface area contributed by atoms with Gasteiger partial charge in [-0.25, -0.2) is 14.3 Å². The lowest BCUT2D eigenvalue weighted by atomic mass is 10.2. The molecule has 2 aromatic rings. The fraction of sp³-hybridized carbons (Fsp3) is 0.231. The summed E-state index contributed by atoms with van der Waals surface area (Å²) in [6.45, 7) is 2.15. The number of hydrogen-bond donors (Lipinski definition) is 1. The molecular weight excluding hydrogens is 294 g/mol. The number of aryl methyl sites for hydroxylation is 1. The van der Waals surface area contributed by atoms with Crippen molar-refractivity contribution in [2.24, 2.45) is 0 Å². The molecule has 0 aliphatic heterocycles. The number of hydrogen-bond acceptors (Lipinski definition) is 5. The molecule has 21 heavy (non-hydrogen) atoms. The van der Waals surface area contributed by atoms with Crippen LogP contribution in [0, 0.1) is 17.0 Å². The van der Waals surface area contributed by atoms with E-state index in [2.05, 4.69) is 4.98 Å². The second kappa shape index (κ2) is 6.40. The van der Waals surface area contributed by atoms with Gasteiger partial charge in [0.05, 0.1) is 5.56 Å². The minimum Gasteiger partial charge on any atom is -0.478 e. The van der Waals surface area contributed by atoms with E-state index >= 15 is 0 Å². The van der Waals surface area contributed by atoms with Crippen LogP contribution in [0.4, 0.5) is 5.82 Å². The molecule has 0 saturated heterocycles. The second-order valence-corrected chi connectivity index (χ2v) is 5.42. The SMILES string of the molecule is Cc1ncc([N+](=O)[O-])n1CCSc1cccc(C(=O)O)c1. The van der Waals surface area contributed by atoms with Gasteiger partial charge in [-0.15, -0.1) is 11.8 Å². The number of nitro groups is 1. The number of imidazole rings is 1. The van der Waals surface area contributed by atoms with Crippen molar-refractivity contribution in [3.8, 4) is 0 Å².